The molecule has 2 nitrogen and oxygen atoms in total. The molecule has 44 heavy (non-hydrogen) atoms. The summed E-state index contributed by atoms with van der Waals surface area (Å²) in [6, 6.07) is 0. The van der Waals surface area contributed by atoms with Crippen molar-refractivity contribution in [1.82, 2.24) is 5.32 Å². The Labute approximate surface area is 275 Å². The van der Waals surface area contributed by atoms with Crippen molar-refractivity contribution in [3.8, 4) is 0 Å². The van der Waals surface area contributed by atoms with Gasteiger partial charge in [-0.1, -0.05) is 105 Å². The molecule has 5 fully saturated rings. The first-order valence-corrected chi connectivity index (χ1v) is 20.2. The lowest BCUT2D eigenvalue weighted by atomic mass is 9.55. The van der Waals surface area contributed by atoms with E-state index >= 15 is 0 Å². The number of allylic oxidation sites excluding steroid dienone is 1. The molecule has 254 valence electrons. The summed E-state index contributed by atoms with van der Waals surface area (Å²) >= 11 is 0. The van der Waals surface area contributed by atoms with Gasteiger partial charge in [0.15, 0.2) is 0 Å². The van der Waals surface area contributed by atoms with Gasteiger partial charge >= 0.3 is 0 Å². The highest BCUT2D eigenvalue weighted by Gasteiger charge is 2.89. The van der Waals surface area contributed by atoms with E-state index in [9.17, 15) is 0 Å². The van der Waals surface area contributed by atoms with Gasteiger partial charge in [0.05, 0.1) is 0 Å². The maximum absolute atomic E-state index is 5.63. The normalized spacial score (nSPS) is 42.9. The second-order valence-electron chi connectivity index (χ2n) is 18.2. The number of unbranched alkanes of at least 4 members (excludes halogenated alkanes) is 6. The minimum Gasteiger partial charge on any atom is -0.330 e. The first-order valence-electron chi connectivity index (χ1n) is 20.2. The molecule has 0 aromatic carbocycles. The molecule has 0 bridgehead atoms. The summed E-state index contributed by atoms with van der Waals surface area (Å²) in [5, 5.41) is 3.71. The maximum atomic E-state index is 5.63. The summed E-state index contributed by atoms with van der Waals surface area (Å²) in [7, 11) is 0. The molecule has 5 saturated carbocycles. The summed E-state index contributed by atoms with van der Waals surface area (Å²) in [5.74, 6) is 9.18. The zero-order valence-electron chi connectivity index (χ0n) is 30.5. The Morgan fingerprint density at radius 2 is 1.50 bits per heavy atom. The van der Waals surface area contributed by atoms with Crippen LogP contribution in [0.2, 0.25) is 0 Å². The van der Waals surface area contributed by atoms with Gasteiger partial charge in [0.1, 0.15) is 0 Å². The molecule has 12 unspecified atom stereocenters. The van der Waals surface area contributed by atoms with Crippen molar-refractivity contribution in [3.05, 3.63) is 12.7 Å². The lowest BCUT2D eigenvalue weighted by Gasteiger charge is -2.49. The third-order valence-corrected chi connectivity index (χ3v) is 15.7. The summed E-state index contributed by atoms with van der Waals surface area (Å²) in [6.07, 6.45) is 28.2. The monoisotopic (exact) mass is 609 g/mol. The molecule has 0 radical (unpaired) electrons. The Hall–Kier alpha value is -0.340. The second kappa shape index (κ2) is 14.8. The van der Waals surface area contributed by atoms with E-state index in [0.29, 0.717) is 16.2 Å². The smallest absolute Gasteiger partial charge is 0.00489 e. The van der Waals surface area contributed by atoms with Crippen molar-refractivity contribution in [2.24, 2.45) is 81.2 Å². The van der Waals surface area contributed by atoms with Crippen LogP contribution in [0.5, 0.6) is 0 Å². The van der Waals surface area contributed by atoms with Crippen molar-refractivity contribution in [3.63, 3.8) is 0 Å². The van der Waals surface area contributed by atoms with Crippen LogP contribution in [0.1, 0.15) is 157 Å². The van der Waals surface area contributed by atoms with Crippen LogP contribution in [0.15, 0.2) is 12.7 Å². The third kappa shape index (κ3) is 6.05. The lowest BCUT2D eigenvalue weighted by Crippen LogP contribution is -2.43. The molecule has 12 atom stereocenters. The summed E-state index contributed by atoms with van der Waals surface area (Å²) < 4.78 is 0. The van der Waals surface area contributed by atoms with Crippen LogP contribution in [-0.4, -0.2) is 19.6 Å². The number of nitrogens with two attached hydrogens (primary N) is 1. The zero-order chi connectivity index (χ0) is 31.5. The minimum absolute atomic E-state index is 0.551. The SMILES string of the molecule is C=CC1CC2(C)C(CC(C)C3C45CCC(C)C(C)C4CCC325)C1C(CCCCCCNCCCCCCN)CCCC(C)C. The predicted molar refractivity (Wildman–Crippen MR) is 191 cm³/mol. The molecule has 0 aliphatic heterocycles. The highest BCUT2D eigenvalue weighted by molar-refractivity contribution is 5.37. The molecular weight excluding hydrogens is 532 g/mol. The zero-order valence-corrected chi connectivity index (χ0v) is 30.5. The molecule has 5 aliphatic carbocycles. The highest BCUT2D eigenvalue weighted by atomic mass is 14.9. The van der Waals surface area contributed by atoms with Crippen molar-refractivity contribution in [1.29, 1.82) is 0 Å². The standard InChI is InChI=1S/C42H76N2/c1-8-34-29-40(7)37(28-32(5)39-41-23-21-31(4)33(6)36(41)22-24-42(39,40)41)38(34)35(20-17-18-30(2)3)19-13-9-11-15-26-44-27-16-12-10-14-25-43/h8,30-39,44H,1,9-29,43H2,2-7H3. The van der Waals surface area contributed by atoms with E-state index in [-0.39, 0.29) is 0 Å². The van der Waals surface area contributed by atoms with Gasteiger partial charge in [0, 0.05) is 0 Å². The fraction of sp³-hybridized carbons (Fsp3) is 0.952. The van der Waals surface area contributed by atoms with Crippen molar-refractivity contribution >= 4 is 0 Å². The van der Waals surface area contributed by atoms with Crippen LogP contribution in [0.25, 0.3) is 0 Å². The summed E-state index contributed by atoms with van der Waals surface area (Å²) in [6.45, 7) is 23.5. The lowest BCUT2D eigenvalue weighted by molar-refractivity contribution is -0.0107. The fourth-order valence-electron chi connectivity index (χ4n) is 13.9. The highest BCUT2D eigenvalue weighted by Crippen LogP contribution is 2.95. The Kier molecular flexibility index (Phi) is 11.8. The third-order valence-electron chi connectivity index (χ3n) is 15.7. The molecule has 2 spiro atoms. The topological polar surface area (TPSA) is 38.0 Å². The fourth-order valence-corrected chi connectivity index (χ4v) is 13.9. The average Bonchev–Trinajstić information content (AvgIpc) is 3.26. The van der Waals surface area contributed by atoms with E-state index in [4.69, 9.17) is 5.73 Å². The van der Waals surface area contributed by atoms with Gasteiger partial charge in [-0.15, -0.1) is 6.58 Å². The van der Waals surface area contributed by atoms with Gasteiger partial charge in [-0.25, -0.2) is 0 Å². The number of hydrogen-bond acceptors (Lipinski definition) is 2. The average molecular weight is 609 g/mol. The van der Waals surface area contributed by atoms with Crippen LogP contribution in [0, 0.1) is 75.4 Å². The number of fused-ring (bicyclic) bond motifs is 1. The van der Waals surface area contributed by atoms with E-state index in [1.54, 1.807) is 19.3 Å². The van der Waals surface area contributed by atoms with Crippen LogP contribution in [0.4, 0.5) is 0 Å². The second-order valence-corrected chi connectivity index (χ2v) is 18.2. The number of nitrogens with one attached hydrogen (secondary N) is 1. The van der Waals surface area contributed by atoms with Crippen LogP contribution < -0.4 is 11.1 Å². The van der Waals surface area contributed by atoms with E-state index in [2.05, 4.69) is 59.5 Å². The van der Waals surface area contributed by atoms with Crippen LogP contribution in [0.3, 0.4) is 0 Å². The summed E-state index contributed by atoms with van der Waals surface area (Å²) in [4.78, 5) is 0. The van der Waals surface area contributed by atoms with E-state index in [0.717, 1.165) is 65.7 Å². The van der Waals surface area contributed by atoms with Crippen molar-refractivity contribution in [2.45, 2.75) is 157 Å². The first kappa shape index (κ1) is 35.0. The number of hydrogen-bond donors (Lipinski definition) is 2. The van der Waals surface area contributed by atoms with Crippen LogP contribution >= 0.6 is 0 Å². The van der Waals surface area contributed by atoms with Crippen molar-refractivity contribution < 1.29 is 0 Å². The van der Waals surface area contributed by atoms with Crippen molar-refractivity contribution in [2.75, 3.05) is 19.6 Å². The van der Waals surface area contributed by atoms with Crippen LogP contribution in [-0.2, 0) is 0 Å². The molecule has 0 amide bonds. The molecule has 2 heteroatoms. The number of rotatable bonds is 19. The minimum atomic E-state index is 0.551. The Balaban J connectivity index is 1.22. The van der Waals surface area contributed by atoms with E-state index in [1.807, 2.05) is 0 Å². The quantitative estimate of drug-likeness (QED) is 0.113. The molecular formula is C42H76N2. The molecule has 5 rings (SSSR count). The van der Waals surface area contributed by atoms with Gasteiger partial charge in [0.2, 0.25) is 0 Å². The Morgan fingerprint density at radius 3 is 2.18 bits per heavy atom. The first-order chi connectivity index (χ1) is 21.2. The van der Waals surface area contributed by atoms with E-state index in [1.165, 1.54) is 109 Å². The van der Waals surface area contributed by atoms with Gasteiger partial charge < -0.3 is 11.1 Å². The largest absolute Gasteiger partial charge is 0.330 e. The Morgan fingerprint density at radius 1 is 0.818 bits per heavy atom. The molecule has 0 heterocycles. The predicted octanol–water partition coefficient (Wildman–Crippen LogP) is 11.1. The van der Waals surface area contributed by atoms with E-state index < -0.39 is 0 Å². The molecule has 5 aliphatic rings. The molecule has 0 aromatic heterocycles. The molecule has 3 N–H and O–H groups in total. The Bertz CT molecular complexity index is 911. The van der Waals surface area contributed by atoms with Gasteiger partial charge in [-0.3, -0.25) is 0 Å². The van der Waals surface area contributed by atoms with Gasteiger partial charge in [-0.2, -0.15) is 0 Å². The van der Waals surface area contributed by atoms with Gasteiger partial charge in [-0.05, 0) is 153 Å². The summed E-state index contributed by atoms with van der Waals surface area (Å²) in [5.41, 5.74) is 7.54. The molecule has 0 saturated heterocycles. The van der Waals surface area contributed by atoms with Gasteiger partial charge in [0.25, 0.3) is 0 Å². The molecule has 0 aromatic rings. The maximum Gasteiger partial charge on any atom is -0.00489 e.